The van der Waals surface area contributed by atoms with Crippen LogP contribution in [0.5, 0.6) is 0 Å². The van der Waals surface area contributed by atoms with E-state index in [1.54, 1.807) is 6.20 Å². The van der Waals surface area contributed by atoms with Crippen LogP contribution in [0.1, 0.15) is 43.7 Å². The van der Waals surface area contributed by atoms with E-state index >= 15 is 0 Å². The minimum absolute atomic E-state index is 0.0678. The zero-order valence-electron chi connectivity index (χ0n) is 11.7. The minimum Gasteiger partial charge on any atom is -0.392 e. The lowest BCUT2D eigenvalue weighted by atomic mass is 9.86. The molecule has 1 aliphatic carbocycles. The average Bonchev–Trinajstić information content (AvgIpc) is 2.37. The van der Waals surface area contributed by atoms with E-state index in [2.05, 4.69) is 30.8 Å². The van der Waals surface area contributed by atoms with Gasteiger partial charge in [0.25, 0.3) is 0 Å². The number of aryl methyl sites for hydroxylation is 1. The summed E-state index contributed by atoms with van der Waals surface area (Å²) in [5.74, 6) is 1.88. The van der Waals surface area contributed by atoms with Gasteiger partial charge in [0.05, 0.1) is 6.61 Å². The molecule has 1 aromatic heterocycles. The van der Waals surface area contributed by atoms with Gasteiger partial charge in [-0.1, -0.05) is 19.8 Å². The molecule has 0 amide bonds. The standard InChI is InChI=1S/C15H24N2O/c1-11-5-4-6-14(7-11)17(3)15-12(2)8-13(10-18)9-16-15/h8-9,11,14,18H,4-7,10H2,1-3H3. The van der Waals surface area contributed by atoms with Crippen LogP contribution >= 0.6 is 0 Å². The monoisotopic (exact) mass is 248 g/mol. The molecule has 3 heteroatoms. The van der Waals surface area contributed by atoms with Crippen LogP contribution in [0.3, 0.4) is 0 Å². The molecular formula is C15H24N2O. The van der Waals surface area contributed by atoms with E-state index in [0.717, 1.165) is 22.9 Å². The van der Waals surface area contributed by atoms with Gasteiger partial charge in [0.2, 0.25) is 0 Å². The van der Waals surface area contributed by atoms with E-state index < -0.39 is 0 Å². The first kappa shape index (κ1) is 13.3. The summed E-state index contributed by atoms with van der Waals surface area (Å²) in [6.07, 6.45) is 7.00. The average molecular weight is 248 g/mol. The van der Waals surface area contributed by atoms with Gasteiger partial charge in [0.1, 0.15) is 5.82 Å². The number of hydrogen-bond acceptors (Lipinski definition) is 3. The Labute approximate surface area is 110 Å². The fraction of sp³-hybridized carbons (Fsp3) is 0.667. The number of aromatic nitrogens is 1. The number of rotatable bonds is 3. The highest BCUT2D eigenvalue weighted by atomic mass is 16.3. The Morgan fingerprint density at radius 3 is 2.83 bits per heavy atom. The highest BCUT2D eigenvalue weighted by molar-refractivity contribution is 5.47. The van der Waals surface area contributed by atoms with Crippen molar-refractivity contribution >= 4 is 5.82 Å². The van der Waals surface area contributed by atoms with Crippen molar-refractivity contribution in [3.05, 3.63) is 23.4 Å². The fourth-order valence-electron chi connectivity index (χ4n) is 3.01. The third-order valence-electron chi connectivity index (χ3n) is 4.08. The van der Waals surface area contributed by atoms with Crippen molar-refractivity contribution < 1.29 is 5.11 Å². The lowest BCUT2D eigenvalue weighted by Crippen LogP contribution is -2.36. The summed E-state index contributed by atoms with van der Waals surface area (Å²) in [6, 6.07) is 2.64. The molecule has 0 saturated heterocycles. The maximum atomic E-state index is 9.12. The van der Waals surface area contributed by atoms with E-state index in [1.807, 2.05) is 6.07 Å². The summed E-state index contributed by atoms with van der Waals surface area (Å²) in [5, 5.41) is 9.12. The number of hydrogen-bond donors (Lipinski definition) is 1. The Morgan fingerprint density at radius 1 is 1.44 bits per heavy atom. The van der Waals surface area contributed by atoms with E-state index in [0.29, 0.717) is 6.04 Å². The summed E-state index contributed by atoms with van der Waals surface area (Å²) in [4.78, 5) is 6.84. The molecule has 2 unspecified atom stereocenters. The molecule has 18 heavy (non-hydrogen) atoms. The van der Waals surface area contributed by atoms with Crippen molar-refractivity contribution in [3.8, 4) is 0 Å². The molecule has 0 bridgehead atoms. The first-order valence-corrected chi connectivity index (χ1v) is 6.91. The van der Waals surface area contributed by atoms with Crippen LogP contribution in [-0.4, -0.2) is 23.2 Å². The minimum atomic E-state index is 0.0678. The topological polar surface area (TPSA) is 36.4 Å². The van der Waals surface area contributed by atoms with Crippen LogP contribution in [0.2, 0.25) is 0 Å². The van der Waals surface area contributed by atoms with Crippen LogP contribution in [0.4, 0.5) is 5.82 Å². The smallest absolute Gasteiger partial charge is 0.131 e. The van der Waals surface area contributed by atoms with E-state index in [9.17, 15) is 0 Å². The zero-order valence-corrected chi connectivity index (χ0v) is 11.7. The molecule has 0 spiro atoms. The molecule has 100 valence electrons. The second-order valence-corrected chi connectivity index (χ2v) is 5.68. The number of anilines is 1. The Kier molecular flexibility index (Phi) is 4.23. The van der Waals surface area contributed by atoms with Crippen molar-refractivity contribution in [3.63, 3.8) is 0 Å². The van der Waals surface area contributed by atoms with Gasteiger partial charge in [0.15, 0.2) is 0 Å². The van der Waals surface area contributed by atoms with Crippen LogP contribution < -0.4 is 4.90 Å². The molecule has 1 heterocycles. The lowest BCUT2D eigenvalue weighted by molar-refractivity contribution is 0.281. The molecule has 0 radical (unpaired) electrons. The molecule has 0 aliphatic heterocycles. The van der Waals surface area contributed by atoms with Gasteiger partial charge in [-0.3, -0.25) is 0 Å². The van der Waals surface area contributed by atoms with Crippen molar-refractivity contribution in [2.45, 2.75) is 52.2 Å². The molecule has 1 fully saturated rings. The molecule has 1 N–H and O–H groups in total. The maximum Gasteiger partial charge on any atom is 0.131 e. The third-order valence-corrected chi connectivity index (χ3v) is 4.08. The maximum absolute atomic E-state index is 9.12. The van der Waals surface area contributed by atoms with Crippen LogP contribution in [0.25, 0.3) is 0 Å². The van der Waals surface area contributed by atoms with E-state index in [-0.39, 0.29) is 6.61 Å². The van der Waals surface area contributed by atoms with E-state index in [4.69, 9.17) is 5.11 Å². The SMILES string of the molecule is Cc1cc(CO)cnc1N(C)C1CCCC(C)C1. The highest BCUT2D eigenvalue weighted by Crippen LogP contribution is 2.30. The molecule has 0 aromatic carbocycles. The molecule has 1 saturated carbocycles. The van der Waals surface area contributed by atoms with Crippen LogP contribution in [0.15, 0.2) is 12.3 Å². The summed E-state index contributed by atoms with van der Waals surface area (Å²) >= 11 is 0. The Balaban J connectivity index is 2.15. The van der Waals surface area contributed by atoms with Crippen molar-refractivity contribution in [2.75, 3.05) is 11.9 Å². The third kappa shape index (κ3) is 2.83. The Bertz CT molecular complexity index is 405. The largest absolute Gasteiger partial charge is 0.392 e. The molecule has 2 atom stereocenters. The fourth-order valence-corrected chi connectivity index (χ4v) is 3.01. The van der Waals surface area contributed by atoms with Crippen molar-refractivity contribution in [1.82, 2.24) is 4.98 Å². The highest BCUT2D eigenvalue weighted by Gasteiger charge is 2.23. The first-order valence-electron chi connectivity index (χ1n) is 6.91. The summed E-state index contributed by atoms with van der Waals surface area (Å²) < 4.78 is 0. The van der Waals surface area contributed by atoms with Gasteiger partial charge in [-0.15, -0.1) is 0 Å². The number of nitrogens with zero attached hydrogens (tertiary/aromatic N) is 2. The van der Waals surface area contributed by atoms with Crippen molar-refractivity contribution in [2.24, 2.45) is 5.92 Å². The number of aliphatic hydroxyl groups is 1. The predicted octanol–water partition coefficient (Wildman–Crippen LogP) is 2.90. The van der Waals surface area contributed by atoms with Gasteiger partial charge >= 0.3 is 0 Å². The molecular weight excluding hydrogens is 224 g/mol. The second-order valence-electron chi connectivity index (χ2n) is 5.68. The Hall–Kier alpha value is -1.09. The predicted molar refractivity (Wildman–Crippen MR) is 74.7 cm³/mol. The van der Waals surface area contributed by atoms with Gasteiger partial charge in [-0.25, -0.2) is 4.98 Å². The first-order chi connectivity index (χ1) is 8.61. The van der Waals surface area contributed by atoms with Gasteiger partial charge in [0, 0.05) is 19.3 Å². The van der Waals surface area contributed by atoms with Crippen molar-refractivity contribution in [1.29, 1.82) is 0 Å². The quantitative estimate of drug-likeness (QED) is 0.893. The zero-order chi connectivity index (χ0) is 13.1. The summed E-state index contributed by atoms with van der Waals surface area (Å²) in [6.45, 7) is 4.48. The summed E-state index contributed by atoms with van der Waals surface area (Å²) in [5.41, 5.74) is 2.05. The van der Waals surface area contributed by atoms with Crippen LogP contribution in [-0.2, 0) is 6.61 Å². The van der Waals surface area contributed by atoms with Gasteiger partial charge in [-0.05, 0) is 42.9 Å². The molecule has 2 rings (SSSR count). The number of aliphatic hydroxyl groups excluding tert-OH is 1. The summed E-state index contributed by atoms with van der Waals surface area (Å²) in [7, 11) is 2.15. The normalized spacial score (nSPS) is 24.0. The lowest BCUT2D eigenvalue weighted by Gasteiger charge is -2.35. The Morgan fingerprint density at radius 2 is 2.22 bits per heavy atom. The van der Waals surface area contributed by atoms with E-state index in [1.165, 1.54) is 25.7 Å². The molecule has 1 aromatic rings. The number of pyridine rings is 1. The molecule has 1 aliphatic rings. The van der Waals surface area contributed by atoms with Gasteiger partial charge < -0.3 is 10.0 Å². The molecule has 3 nitrogen and oxygen atoms in total. The van der Waals surface area contributed by atoms with Gasteiger partial charge in [-0.2, -0.15) is 0 Å². The van der Waals surface area contributed by atoms with Crippen LogP contribution in [0, 0.1) is 12.8 Å². The second kappa shape index (κ2) is 5.70.